The fourth-order valence-corrected chi connectivity index (χ4v) is 3.86. The van der Waals surface area contributed by atoms with Gasteiger partial charge in [0.1, 0.15) is 5.82 Å². The van der Waals surface area contributed by atoms with Gasteiger partial charge in [-0.05, 0) is 19.4 Å². The normalized spacial score (nSPS) is 20.9. The summed E-state index contributed by atoms with van der Waals surface area (Å²) >= 11 is 0. The molecular weight excluding hydrogens is 304 g/mol. The molecule has 0 unspecified atom stereocenters. The third-order valence-corrected chi connectivity index (χ3v) is 5.06. The third-order valence-electron chi connectivity index (χ3n) is 5.06. The maximum Gasteiger partial charge on any atom is 0.227 e. The molecule has 1 fully saturated rings. The van der Waals surface area contributed by atoms with Gasteiger partial charge >= 0.3 is 0 Å². The number of hydrogen-bond acceptors (Lipinski definition) is 5. The van der Waals surface area contributed by atoms with Crippen molar-refractivity contribution in [2.75, 3.05) is 45.2 Å². The Kier molecular flexibility index (Phi) is 3.88. The molecule has 0 radical (unpaired) electrons. The summed E-state index contributed by atoms with van der Waals surface area (Å²) < 4.78 is 1.95. The molecule has 24 heavy (non-hydrogen) atoms. The highest BCUT2D eigenvalue weighted by Gasteiger charge is 2.32. The van der Waals surface area contributed by atoms with Crippen LogP contribution in [0.2, 0.25) is 0 Å². The van der Waals surface area contributed by atoms with Crippen molar-refractivity contribution in [1.82, 2.24) is 24.8 Å². The van der Waals surface area contributed by atoms with Crippen molar-refractivity contribution in [2.45, 2.75) is 19.3 Å². The number of hydrogen-bond donors (Lipinski definition) is 1. The lowest BCUT2D eigenvalue weighted by molar-refractivity contribution is -0.132. The molecule has 4 heterocycles. The number of amides is 1. The van der Waals surface area contributed by atoms with Gasteiger partial charge in [-0.2, -0.15) is 9.61 Å². The predicted molar refractivity (Wildman–Crippen MR) is 92.3 cm³/mol. The number of aromatic nitrogens is 3. The smallest absolute Gasteiger partial charge is 0.227 e. The monoisotopic (exact) mass is 328 g/mol. The Morgan fingerprint density at radius 1 is 1.33 bits per heavy atom. The predicted octanol–water partition coefficient (Wildman–Crippen LogP) is 0.332. The molecule has 4 rings (SSSR count). The summed E-state index contributed by atoms with van der Waals surface area (Å²) in [5, 5.41) is 7.96. The summed E-state index contributed by atoms with van der Waals surface area (Å²) in [5.41, 5.74) is 3.35. The quantitative estimate of drug-likeness (QED) is 0.861. The standard InChI is InChI=1S/C17H24N6O/c1-21(2)17(24)12-6-10-22(11-12)16-13-3-7-18-8-4-14(13)20-15-5-9-19-23(15)16/h5,9,12,18H,3-4,6-8,10-11H2,1-2H3/t12-/m1/s1. The van der Waals surface area contributed by atoms with E-state index in [4.69, 9.17) is 4.98 Å². The second-order valence-corrected chi connectivity index (χ2v) is 6.88. The van der Waals surface area contributed by atoms with Crippen LogP contribution in [0.25, 0.3) is 5.65 Å². The Balaban J connectivity index is 1.75. The topological polar surface area (TPSA) is 65.8 Å². The lowest BCUT2D eigenvalue weighted by atomic mass is 10.1. The minimum Gasteiger partial charge on any atom is -0.355 e. The van der Waals surface area contributed by atoms with E-state index in [1.165, 1.54) is 11.3 Å². The summed E-state index contributed by atoms with van der Waals surface area (Å²) in [6.07, 6.45) is 4.60. The molecule has 0 saturated carbocycles. The van der Waals surface area contributed by atoms with Crippen LogP contribution in [0.5, 0.6) is 0 Å². The highest BCUT2D eigenvalue weighted by molar-refractivity contribution is 5.79. The number of fused-ring (bicyclic) bond motifs is 2. The SMILES string of the molecule is CN(C)C(=O)[C@@H]1CCN(c2c3c(nc4ccnn24)CCNCC3)C1. The Morgan fingerprint density at radius 2 is 2.17 bits per heavy atom. The summed E-state index contributed by atoms with van der Waals surface area (Å²) in [6, 6.07) is 1.96. The lowest BCUT2D eigenvalue weighted by Gasteiger charge is -2.24. The molecule has 0 aliphatic carbocycles. The van der Waals surface area contributed by atoms with Crippen LogP contribution in [0.3, 0.4) is 0 Å². The van der Waals surface area contributed by atoms with Crippen molar-refractivity contribution in [3.63, 3.8) is 0 Å². The van der Waals surface area contributed by atoms with Crippen molar-refractivity contribution in [2.24, 2.45) is 5.92 Å². The van der Waals surface area contributed by atoms with E-state index in [1.54, 1.807) is 4.90 Å². The number of carbonyl (C=O) groups is 1. The maximum atomic E-state index is 12.3. The van der Waals surface area contributed by atoms with Gasteiger partial charge in [-0.25, -0.2) is 4.98 Å². The van der Waals surface area contributed by atoms with Gasteiger partial charge < -0.3 is 15.1 Å². The van der Waals surface area contributed by atoms with Gasteiger partial charge in [-0.15, -0.1) is 0 Å². The van der Waals surface area contributed by atoms with Crippen LogP contribution in [0, 0.1) is 5.92 Å². The van der Waals surface area contributed by atoms with E-state index < -0.39 is 0 Å². The second-order valence-electron chi connectivity index (χ2n) is 6.88. The first kappa shape index (κ1) is 15.4. The third kappa shape index (κ3) is 2.53. The van der Waals surface area contributed by atoms with Gasteiger partial charge in [0.15, 0.2) is 5.65 Å². The minimum atomic E-state index is 0.0679. The zero-order valence-electron chi connectivity index (χ0n) is 14.3. The summed E-state index contributed by atoms with van der Waals surface area (Å²) in [6.45, 7) is 3.58. The van der Waals surface area contributed by atoms with Crippen molar-refractivity contribution in [3.8, 4) is 0 Å². The number of carbonyl (C=O) groups excluding carboxylic acids is 1. The molecule has 1 saturated heterocycles. The number of rotatable bonds is 2. The molecule has 0 spiro atoms. The van der Waals surface area contributed by atoms with E-state index in [-0.39, 0.29) is 11.8 Å². The number of nitrogens with zero attached hydrogens (tertiary/aromatic N) is 5. The zero-order valence-corrected chi connectivity index (χ0v) is 14.3. The highest BCUT2D eigenvalue weighted by atomic mass is 16.2. The summed E-state index contributed by atoms with van der Waals surface area (Å²) in [4.78, 5) is 21.2. The fraction of sp³-hybridized carbons (Fsp3) is 0.588. The molecule has 2 aliphatic rings. The van der Waals surface area contributed by atoms with Gasteiger partial charge in [0.25, 0.3) is 0 Å². The molecular formula is C17H24N6O. The van der Waals surface area contributed by atoms with Crippen molar-refractivity contribution < 1.29 is 4.79 Å². The van der Waals surface area contributed by atoms with Crippen molar-refractivity contribution in [3.05, 3.63) is 23.5 Å². The second kappa shape index (κ2) is 6.05. The van der Waals surface area contributed by atoms with Crippen LogP contribution in [-0.4, -0.2) is 65.7 Å². The molecule has 2 aliphatic heterocycles. The van der Waals surface area contributed by atoms with Crippen LogP contribution < -0.4 is 10.2 Å². The van der Waals surface area contributed by atoms with Crippen LogP contribution in [-0.2, 0) is 17.6 Å². The van der Waals surface area contributed by atoms with Gasteiger partial charge in [-0.3, -0.25) is 4.79 Å². The zero-order chi connectivity index (χ0) is 16.7. The molecule has 7 nitrogen and oxygen atoms in total. The average Bonchev–Trinajstić information content (AvgIpc) is 3.16. The van der Waals surface area contributed by atoms with Gasteiger partial charge in [0.2, 0.25) is 5.91 Å². The molecule has 7 heteroatoms. The summed E-state index contributed by atoms with van der Waals surface area (Å²) in [7, 11) is 3.67. The first-order valence-corrected chi connectivity index (χ1v) is 8.67. The Hall–Kier alpha value is -2.15. The van der Waals surface area contributed by atoms with Gasteiger partial charge in [0.05, 0.1) is 17.8 Å². The van der Waals surface area contributed by atoms with Crippen LogP contribution in [0.1, 0.15) is 17.7 Å². The Bertz CT molecular complexity index is 768. The fourth-order valence-electron chi connectivity index (χ4n) is 3.86. The van der Waals surface area contributed by atoms with Gasteiger partial charge in [-0.1, -0.05) is 0 Å². The Labute approximate surface area is 141 Å². The van der Waals surface area contributed by atoms with E-state index >= 15 is 0 Å². The van der Waals surface area contributed by atoms with Crippen LogP contribution in [0.4, 0.5) is 5.82 Å². The van der Waals surface area contributed by atoms with E-state index in [0.717, 1.165) is 56.9 Å². The summed E-state index contributed by atoms with van der Waals surface area (Å²) in [5.74, 6) is 1.42. The molecule has 1 atom stereocenters. The van der Waals surface area contributed by atoms with Crippen LogP contribution in [0.15, 0.2) is 12.3 Å². The molecule has 2 aromatic rings. The molecule has 128 valence electrons. The van der Waals surface area contributed by atoms with Gasteiger partial charge in [0, 0.05) is 51.8 Å². The van der Waals surface area contributed by atoms with E-state index in [2.05, 4.69) is 15.3 Å². The molecule has 2 aromatic heterocycles. The molecule has 1 N–H and O–H groups in total. The minimum absolute atomic E-state index is 0.0679. The van der Waals surface area contributed by atoms with E-state index in [0.29, 0.717) is 0 Å². The van der Waals surface area contributed by atoms with E-state index in [1.807, 2.05) is 30.9 Å². The molecule has 0 bridgehead atoms. The largest absolute Gasteiger partial charge is 0.355 e. The Morgan fingerprint density at radius 3 is 3.00 bits per heavy atom. The first-order valence-electron chi connectivity index (χ1n) is 8.67. The van der Waals surface area contributed by atoms with Crippen molar-refractivity contribution in [1.29, 1.82) is 0 Å². The maximum absolute atomic E-state index is 12.3. The first-order chi connectivity index (χ1) is 11.6. The molecule has 1 amide bonds. The average molecular weight is 328 g/mol. The number of nitrogens with one attached hydrogen (secondary N) is 1. The lowest BCUT2D eigenvalue weighted by Crippen LogP contribution is -2.32. The number of anilines is 1. The highest BCUT2D eigenvalue weighted by Crippen LogP contribution is 2.30. The van der Waals surface area contributed by atoms with Crippen molar-refractivity contribution >= 4 is 17.4 Å². The molecule has 0 aromatic carbocycles. The van der Waals surface area contributed by atoms with E-state index in [9.17, 15) is 4.79 Å². The van der Waals surface area contributed by atoms with Crippen LogP contribution >= 0.6 is 0 Å².